The van der Waals surface area contributed by atoms with Gasteiger partial charge < -0.3 is 20.1 Å². The van der Waals surface area contributed by atoms with Gasteiger partial charge in [-0.3, -0.25) is 14.3 Å². The van der Waals surface area contributed by atoms with E-state index in [-0.39, 0.29) is 4.77 Å². The van der Waals surface area contributed by atoms with Crippen LogP contribution in [0.15, 0.2) is 17.1 Å². The standard InChI is InChI=1S/C11H12N2O5S/c1-2-11(5-14)8(17)7(16)9(18-11)13-4-3-6(15)12-10(13)19/h1,3-4,7-9,14,16-17H,5H2,(H,12,15,19)/t7?,8?,9-,11-/m1/s1. The molecule has 0 aromatic carbocycles. The smallest absolute Gasteiger partial charge is 0.251 e. The van der Waals surface area contributed by atoms with E-state index in [0.717, 1.165) is 0 Å². The van der Waals surface area contributed by atoms with Crippen molar-refractivity contribution < 1.29 is 20.1 Å². The number of nitrogens with zero attached hydrogens (tertiary/aromatic N) is 1. The van der Waals surface area contributed by atoms with Crippen molar-refractivity contribution in [3.8, 4) is 12.3 Å². The fourth-order valence-corrected chi connectivity index (χ4v) is 2.20. The van der Waals surface area contributed by atoms with E-state index in [1.54, 1.807) is 0 Å². The van der Waals surface area contributed by atoms with Crippen molar-refractivity contribution in [1.29, 1.82) is 0 Å². The first-order chi connectivity index (χ1) is 8.95. The Balaban J connectivity index is 2.46. The number of aliphatic hydroxyl groups is 3. The van der Waals surface area contributed by atoms with Crippen LogP contribution in [-0.2, 0) is 4.74 Å². The largest absolute Gasteiger partial charge is 0.392 e. The van der Waals surface area contributed by atoms with Crippen molar-refractivity contribution in [1.82, 2.24) is 9.55 Å². The second-order valence-electron chi connectivity index (χ2n) is 4.15. The lowest BCUT2D eigenvalue weighted by molar-refractivity contribution is -0.0930. The topological polar surface area (TPSA) is 108 Å². The number of ether oxygens (including phenoxy) is 1. The number of aromatic amines is 1. The maximum absolute atomic E-state index is 11.1. The summed E-state index contributed by atoms with van der Waals surface area (Å²) >= 11 is 4.94. The summed E-state index contributed by atoms with van der Waals surface area (Å²) in [5, 5.41) is 29.1. The first-order valence-electron chi connectivity index (χ1n) is 5.39. The predicted molar refractivity (Wildman–Crippen MR) is 66.7 cm³/mol. The molecule has 7 nitrogen and oxygen atoms in total. The normalized spacial score (nSPS) is 34.1. The van der Waals surface area contributed by atoms with E-state index in [1.165, 1.54) is 16.8 Å². The third-order valence-electron chi connectivity index (χ3n) is 3.03. The molecule has 0 bridgehead atoms. The van der Waals surface area contributed by atoms with E-state index in [0.29, 0.717) is 0 Å². The van der Waals surface area contributed by atoms with Gasteiger partial charge in [-0.25, -0.2) is 0 Å². The molecule has 8 heteroatoms. The lowest BCUT2D eigenvalue weighted by atomic mass is 9.97. The summed E-state index contributed by atoms with van der Waals surface area (Å²) in [6.45, 7) is -0.658. The molecule has 0 amide bonds. The van der Waals surface area contributed by atoms with E-state index in [1.807, 2.05) is 0 Å². The molecule has 1 aliphatic rings. The fourth-order valence-electron chi connectivity index (χ4n) is 1.93. The van der Waals surface area contributed by atoms with Gasteiger partial charge in [0.15, 0.2) is 16.6 Å². The van der Waals surface area contributed by atoms with Crippen molar-refractivity contribution in [3.63, 3.8) is 0 Å². The molecule has 0 spiro atoms. The van der Waals surface area contributed by atoms with Crippen molar-refractivity contribution in [2.45, 2.75) is 24.0 Å². The SMILES string of the molecule is C#C[C@]1(CO)O[C@@H](n2ccc(=O)[nH]c2=S)C(O)C1O. The Labute approximate surface area is 113 Å². The number of H-pyrrole nitrogens is 1. The highest BCUT2D eigenvalue weighted by Gasteiger charge is 2.53. The Morgan fingerprint density at radius 1 is 1.63 bits per heavy atom. The van der Waals surface area contributed by atoms with Crippen molar-refractivity contribution in [2.75, 3.05) is 6.61 Å². The van der Waals surface area contributed by atoms with E-state index in [9.17, 15) is 20.1 Å². The van der Waals surface area contributed by atoms with Gasteiger partial charge in [-0.15, -0.1) is 6.42 Å². The summed E-state index contributed by atoms with van der Waals surface area (Å²) < 4.78 is 6.62. The van der Waals surface area contributed by atoms with Gasteiger partial charge in [-0.2, -0.15) is 0 Å². The van der Waals surface area contributed by atoms with Gasteiger partial charge >= 0.3 is 0 Å². The zero-order valence-electron chi connectivity index (χ0n) is 9.68. The molecule has 1 fully saturated rings. The Morgan fingerprint density at radius 2 is 2.32 bits per heavy atom. The first kappa shape index (κ1) is 13.9. The number of aromatic nitrogens is 2. The Bertz CT molecular complexity index is 633. The average Bonchev–Trinajstić information content (AvgIpc) is 2.64. The quantitative estimate of drug-likeness (QED) is 0.390. The summed E-state index contributed by atoms with van der Waals surface area (Å²) in [6.07, 6.45) is 2.59. The molecular formula is C11H12N2O5S. The molecule has 19 heavy (non-hydrogen) atoms. The molecule has 1 aromatic heterocycles. The summed E-state index contributed by atoms with van der Waals surface area (Å²) in [5.41, 5.74) is -2.10. The van der Waals surface area contributed by atoms with Gasteiger partial charge in [0.05, 0.1) is 6.61 Å². The molecule has 0 radical (unpaired) electrons. The number of hydrogen-bond acceptors (Lipinski definition) is 6. The summed E-state index contributed by atoms with van der Waals surface area (Å²) in [4.78, 5) is 13.4. The Hall–Kier alpha value is -1.50. The first-order valence-corrected chi connectivity index (χ1v) is 5.80. The lowest BCUT2D eigenvalue weighted by Gasteiger charge is -2.23. The van der Waals surface area contributed by atoms with Crippen LogP contribution in [0.3, 0.4) is 0 Å². The summed E-state index contributed by atoms with van der Waals surface area (Å²) in [6, 6.07) is 1.19. The van der Waals surface area contributed by atoms with Crippen LogP contribution in [0.25, 0.3) is 0 Å². The van der Waals surface area contributed by atoms with E-state index >= 15 is 0 Å². The average molecular weight is 284 g/mol. The van der Waals surface area contributed by atoms with Crippen LogP contribution in [0.1, 0.15) is 6.23 Å². The molecule has 1 aliphatic heterocycles. The zero-order chi connectivity index (χ0) is 14.2. The highest BCUT2D eigenvalue weighted by Crippen LogP contribution is 2.36. The summed E-state index contributed by atoms with van der Waals surface area (Å²) in [7, 11) is 0. The van der Waals surface area contributed by atoms with E-state index in [4.69, 9.17) is 23.4 Å². The van der Waals surface area contributed by atoms with Crippen LogP contribution in [0, 0.1) is 17.1 Å². The minimum absolute atomic E-state index is 0.00881. The number of rotatable bonds is 2. The highest BCUT2D eigenvalue weighted by atomic mass is 32.1. The number of nitrogens with one attached hydrogen (secondary N) is 1. The number of terminal acetylenes is 1. The van der Waals surface area contributed by atoms with Gasteiger partial charge in [0.2, 0.25) is 0 Å². The van der Waals surface area contributed by atoms with Crippen molar-refractivity contribution >= 4 is 12.2 Å². The van der Waals surface area contributed by atoms with Crippen LogP contribution in [0.2, 0.25) is 0 Å². The molecular weight excluding hydrogens is 272 g/mol. The predicted octanol–water partition coefficient (Wildman–Crippen LogP) is -1.48. The molecule has 2 heterocycles. The van der Waals surface area contributed by atoms with Gasteiger partial charge in [0, 0.05) is 12.3 Å². The van der Waals surface area contributed by atoms with Crippen molar-refractivity contribution in [3.05, 3.63) is 27.4 Å². The third kappa shape index (κ3) is 2.11. The van der Waals surface area contributed by atoms with Gasteiger partial charge in [0.25, 0.3) is 5.56 Å². The van der Waals surface area contributed by atoms with Crippen LogP contribution in [0.5, 0.6) is 0 Å². The Morgan fingerprint density at radius 3 is 2.79 bits per heavy atom. The highest BCUT2D eigenvalue weighted by molar-refractivity contribution is 7.71. The molecule has 2 rings (SSSR count). The maximum atomic E-state index is 11.1. The van der Waals surface area contributed by atoms with Crippen molar-refractivity contribution in [2.24, 2.45) is 0 Å². The second kappa shape index (κ2) is 4.88. The van der Waals surface area contributed by atoms with Crippen LogP contribution in [-0.4, -0.2) is 49.3 Å². The molecule has 1 saturated heterocycles. The lowest BCUT2D eigenvalue weighted by Crippen LogP contribution is -2.44. The minimum atomic E-state index is -1.70. The fraction of sp³-hybridized carbons (Fsp3) is 0.455. The monoisotopic (exact) mass is 284 g/mol. The number of aliphatic hydroxyl groups excluding tert-OH is 3. The van der Waals surface area contributed by atoms with Gasteiger partial charge in [-0.1, -0.05) is 5.92 Å². The molecule has 2 unspecified atom stereocenters. The van der Waals surface area contributed by atoms with Crippen LogP contribution in [0.4, 0.5) is 0 Å². The van der Waals surface area contributed by atoms with E-state index in [2.05, 4.69) is 10.9 Å². The maximum Gasteiger partial charge on any atom is 0.251 e. The van der Waals surface area contributed by atoms with Crippen LogP contribution < -0.4 is 5.56 Å². The molecule has 0 saturated carbocycles. The molecule has 0 aliphatic carbocycles. The minimum Gasteiger partial charge on any atom is -0.392 e. The molecule has 102 valence electrons. The summed E-state index contributed by atoms with van der Waals surface area (Å²) in [5.74, 6) is 2.14. The second-order valence-corrected chi connectivity index (χ2v) is 4.54. The number of hydrogen-bond donors (Lipinski definition) is 4. The Kier molecular flexibility index (Phi) is 3.58. The van der Waals surface area contributed by atoms with Gasteiger partial charge in [-0.05, 0) is 12.2 Å². The molecule has 4 atom stereocenters. The van der Waals surface area contributed by atoms with Crippen LogP contribution >= 0.6 is 12.2 Å². The van der Waals surface area contributed by atoms with E-state index < -0.39 is 36.2 Å². The third-order valence-corrected chi connectivity index (χ3v) is 3.34. The zero-order valence-corrected chi connectivity index (χ0v) is 10.5. The van der Waals surface area contributed by atoms with Gasteiger partial charge in [0.1, 0.15) is 12.2 Å². The molecule has 1 aromatic rings. The molecule has 4 N–H and O–H groups in total.